The number of nitrogens with zero attached hydrogens (tertiary/aromatic N) is 1. The Morgan fingerprint density at radius 2 is 2.14 bits per heavy atom. The van der Waals surface area contributed by atoms with Gasteiger partial charge in [0.15, 0.2) is 0 Å². The van der Waals surface area contributed by atoms with Gasteiger partial charge in [-0.2, -0.15) is 5.26 Å². The zero-order chi connectivity index (χ0) is 10.7. The van der Waals surface area contributed by atoms with E-state index in [1.807, 2.05) is 13.0 Å². The molecule has 3 heteroatoms. The van der Waals surface area contributed by atoms with Crippen LogP contribution in [-0.2, 0) is 0 Å². The summed E-state index contributed by atoms with van der Waals surface area (Å²) in [5.74, 6) is 0. The van der Waals surface area contributed by atoms with Crippen LogP contribution in [0.5, 0.6) is 0 Å². The molecule has 3 N–H and O–H groups in total. The van der Waals surface area contributed by atoms with Gasteiger partial charge in [-0.15, -0.1) is 0 Å². The van der Waals surface area contributed by atoms with Gasteiger partial charge in [-0.25, -0.2) is 0 Å². The van der Waals surface area contributed by atoms with Gasteiger partial charge in [0.05, 0.1) is 23.8 Å². The number of nitrogens with two attached hydrogens (primary N) is 1. The molecule has 0 bridgehead atoms. The van der Waals surface area contributed by atoms with Gasteiger partial charge in [-0.3, -0.25) is 0 Å². The Bertz CT molecular complexity index is 366. The molecule has 0 aromatic heterocycles. The van der Waals surface area contributed by atoms with Gasteiger partial charge in [0, 0.05) is 0 Å². The van der Waals surface area contributed by atoms with Gasteiger partial charge >= 0.3 is 0 Å². The van der Waals surface area contributed by atoms with E-state index < -0.39 is 6.10 Å². The maximum atomic E-state index is 9.30. The Morgan fingerprint density at radius 1 is 1.50 bits per heavy atom. The molecule has 1 aromatic rings. The van der Waals surface area contributed by atoms with Crippen molar-refractivity contribution >= 4 is 0 Å². The zero-order valence-electron chi connectivity index (χ0n) is 8.36. The molecule has 0 saturated heterocycles. The minimum Gasteiger partial charge on any atom is -0.391 e. The summed E-state index contributed by atoms with van der Waals surface area (Å²) in [6.07, 6.45) is -0.581. The highest BCUT2D eigenvalue weighted by molar-refractivity contribution is 5.40. The van der Waals surface area contributed by atoms with E-state index in [1.165, 1.54) is 0 Å². The monoisotopic (exact) mass is 190 g/mol. The first-order valence-electron chi connectivity index (χ1n) is 4.50. The largest absolute Gasteiger partial charge is 0.391 e. The van der Waals surface area contributed by atoms with Crippen molar-refractivity contribution in [1.82, 2.24) is 0 Å². The number of benzene rings is 1. The van der Waals surface area contributed by atoms with Crippen LogP contribution in [-0.4, -0.2) is 11.2 Å². The topological polar surface area (TPSA) is 70.0 Å². The fourth-order valence-corrected chi connectivity index (χ4v) is 1.30. The minimum atomic E-state index is -0.581. The molecule has 0 spiro atoms. The van der Waals surface area contributed by atoms with Crippen molar-refractivity contribution in [3.8, 4) is 6.07 Å². The summed E-state index contributed by atoms with van der Waals surface area (Å²) in [6.45, 7) is 3.51. The van der Waals surface area contributed by atoms with Gasteiger partial charge in [0.1, 0.15) is 0 Å². The van der Waals surface area contributed by atoms with E-state index in [1.54, 1.807) is 19.1 Å². The Morgan fingerprint density at radius 3 is 2.57 bits per heavy atom. The molecule has 0 aliphatic carbocycles. The predicted molar refractivity (Wildman–Crippen MR) is 54.5 cm³/mol. The fraction of sp³-hybridized carbons (Fsp3) is 0.364. The molecule has 0 radical (unpaired) electrons. The van der Waals surface area contributed by atoms with Gasteiger partial charge < -0.3 is 10.8 Å². The van der Waals surface area contributed by atoms with Crippen molar-refractivity contribution in [3.05, 3.63) is 34.9 Å². The van der Waals surface area contributed by atoms with Crippen LogP contribution in [0.15, 0.2) is 18.2 Å². The molecule has 2 atom stereocenters. The van der Waals surface area contributed by atoms with E-state index >= 15 is 0 Å². The van der Waals surface area contributed by atoms with Crippen LogP contribution in [0, 0.1) is 18.3 Å². The van der Waals surface area contributed by atoms with Crippen LogP contribution in [0.4, 0.5) is 0 Å². The molecule has 0 amide bonds. The van der Waals surface area contributed by atoms with Gasteiger partial charge in [0.25, 0.3) is 0 Å². The lowest BCUT2D eigenvalue weighted by Gasteiger charge is -2.15. The second kappa shape index (κ2) is 4.23. The van der Waals surface area contributed by atoms with Crippen molar-refractivity contribution in [3.63, 3.8) is 0 Å². The number of rotatable bonds is 2. The normalized spacial score (nSPS) is 14.5. The van der Waals surface area contributed by atoms with Crippen LogP contribution in [0.3, 0.4) is 0 Å². The third kappa shape index (κ3) is 2.11. The molecule has 3 nitrogen and oxygen atoms in total. The van der Waals surface area contributed by atoms with Crippen LogP contribution in [0.2, 0.25) is 0 Å². The molecule has 0 saturated carbocycles. The number of aliphatic hydroxyl groups is 1. The van der Waals surface area contributed by atoms with E-state index in [0.717, 1.165) is 11.1 Å². The van der Waals surface area contributed by atoms with Crippen molar-refractivity contribution < 1.29 is 5.11 Å². The second-order valence-electron chi connectivity index (χ2n) is 3.45. The molecule has 74 valence electrons. The standard InChI is InChI=1S/C11H14N2O/c1-7-5-9(11(13)8(2)14)3-4-10(7)6-12/h3-5,8,11,14H,13H2,1-2H3. The average Bonchev–Trinajstić information content (AvgIpc) is 2.16. The molecule has 2 unspecified atom stereocenters. The lowest BCUT2D eigenvalue weighted by Crippen LogP contribution is -2.23. The summed E-state index contributed by atoms with van der Waals surface area (Å²) in [5.41, 5.74) is 8.16. The Kier molecular flexibility index (Phi) is 3.23. The molecule has 0 heterocycles. The SMILES string of the molecule is Cc1cc(C(N)C(C)O)ccc1C#N. The average molecular weight is 190 g/mol. The summed E-state index contributed by atoms with van der Waals surface area (Å²) in [4.78, 5) is 0. The summed E-state index contributed by atoms with van der Waals surface area (Å²) < 4.78 is 0. The lowest BCUT2D eigenvalue weighted by molar-refractivity contribution is 0.164. The molecule has 14 heavy (non-hydrogen) atoms. The number of aliphatic hydroxyl groups excluding tert-OH is 1. The summed E-state index contributed by atoms with van der Waals surface area (Å²) in [5, 5.41) is 18.0. The maximum absolute atomic E-state index is 9.30. The molecule has 0 fully saturated rings. The maximum Gasteiger partial charge on any atom is 0.0994 e. The number of hydrogen-bond donors (Lipinski definition) is 2. The predicted octanol–water partition coefficient (Wildman–Crippen LogP) is 1.25. The van der Waals surface area contributed by atoms with E-state index in [-0.39, 0.29) is 6.04 Å². The highest BCUT2D eigenvalue weighted by atomic mass is 16.3. The molecule has 0 aliphatic heterocycles. The number of aryl methyl sites for hydroxylation is 1. The van der Waals surface area contributed by atoms with Crippen LogP contribution in [0.25, 0.3) is 0 Å². The Balaban J connectivity index is 3.04. The first-order chi connectivity index (χ1) is 6.56. The molecule has 0 aliphatic rings. The molecule has 1 rings (SSSR count). The molecular weight excluding hydrogens is 176 g/mol. The van der Waals surface area contributed by atoms with Crippen molar-refractivity contribution in [2.75, 3.05) is 0 Å². The van der Waals surface area contributed by atoms with E-state index in [2.05, 4.69) is 6.07 Å². The second-order valence-corrected chi connectivity index (χ2v) is 3.45. The van der Waals surface area contributed by atoms with Crippen LogP contribution < -0.4 is 5.73 Å². The number of nitriles is 1. The van der Waals surface area contributed by atoms with Gasteiger partial charge in [-0.05, 0) is 31.0 Å². The van der Waals surface area contributed by atoms with E-state index in [9.17, 15) is 5.11 Å². The minimum absolute atomic E-state index is 0.388. The Labute approximate surface area is 83.8 Å². The lowest BCUT2D eigenvalue weighted by atomic mass is 9.99. The first kappa shape index (κ1) is 10.7. The van der Waals surface area contributed by atoms with Gasteiger partial charge in [0.2, 0.25) is 0 Å². The summed E-state index contributed by atoms with van der Waals surface area (Å²) in [6, 6.07) is 7.05. The smallest absolute Gasteiger partial charge is 0.0994 e. The van der Waals surface area contributed by atoms with E-state index in [4.69, 9.17) is 11.0 Å². The highest BCUT2D eigenvalue weighted by Gasteiger charge is 2.12. The molecular formula is C11H14N2O. The van der Waals surface area contributed by atoms with Gasteiger partial charge in [-0.1, -0.05) is 12.1 Å². The summed E-state index contributed by atoms with van der Waals surface area (Å²) in [7, 11) is 0. The third-order valence-corrected chi connectivity index (χ3v) is 2.28. The fourth-order valence-electron chi connectivity index (χ4n) is 1.30. The highest BCUT2D eigenvalue weighted by Crippen LogP contribution is 2.17. The van der Waals surface area contributed by atoms with Crippen LogP contribution >= 0.6 is 0 Å². The Hall–Kier alpha value is -1.37. The van der Waals surface area contributed by atoms with E-state index in [0.29, 0.717) is 5.56 Å². The van der Waals surface area contributed by atoms with Crippen molar-refractivity contribution in [2.45, 2.75) is 26.0 Å². The third-order valence-electron chi connectivity index (χ3n) is 2.28. The van der Waals surface area contributed by atoms with Crippen LogP contribution in [0.1, 0.15) is 29.7 Å². The summed E-state index contributed by atoms with van der Waals surface area (Å²) >= 11 is 0. The van der Waals surface area contributed by atoms with Crippen molar-refractivity contribution in [2.24, 2.45) is 5.73 Å². The molecule has 1 aromatic carbocycles. The first-order valence-corrected chi connectivity index (χ1v) is 4.50. The van der Waals surface area contributed by atoms with Crippen molar-refractivity contribution in [1.29, 1.82) is 5.26 Å². The quantitative estimate of drug-likeness (QED) is 0.737. The zero-order valence-corrected chi connectivity index (χ0v) is 8.36. The number of hydrogen-bond acceptors (Lipinski definition) is 3.